The Hall–Kier alpha value is -7.48. The molecule has 0 saturated carbocycles. The van der Waals surface area contributed by atoms with Crippen LogP contribution in [0.3, 0.4) is 0 Å². The highest BCUT2D eigenvalue weighted by atomic mass is 15.1. The standard InChI is InChI=1S/C57H39N/c1-3-20-46(21-4-1)57(47-22-5-2-6-23-47)55-28-12-11-26-53(55)54-36-35-50(39-56(54)57)58(48-33-31-41(32-34-48)44-30-29-40-15-7-8-17-43(40)37-44)49-24-13-19-45(38-49)52-27-14-18-42-16-9-10-25-51(42)52/h1-39H/i13D,19D,24D,38D. The summed E-state index contributed by atoms with van der Waals surface area (Å²) in [5, 5.41) is 4.20. The number of benzene rings is 10. The zero-order valence-electron chi connectivity index (χ0n) is 35.7. The van der Waals surface area contributed by atoms with Crippen molar-refractivity contribution >= 4 is 38.6 Å². The van der Waals surface area contributed by atoms with E-state index in [1.54, 1.807) is 0 Å². The van der Waals surface area contributed by atoms with E-state index in [0.717, 1.165) is 66.5 Å². The van der Waals surface area contributed by atoms with Gasteiger partial charge in [-0.05, 0) is 120 Å². The molecule has 11 rings (SSSR count). The zero-order chi connectivity index (χ0) is 42.0. The average molecular weight is 742 g/mol. The Bertz CT molecular complexity index is 3300. The van der Waals surface area contributed by atoms with E-state index in [9.17, 15) is 5.48 Å². The molecule has 0 N–H and O–H groups in total. The molecule has 0 heterocycles. The van der Waals surface area contributed by atoms with Crippen LogP contribution >= 0.6 is 0 Å². The second-order valence-corrected chi connectivity index (χ2v) is 15.0. The minimum atomic E-state index is -0.677. The molecule has 0 amide bonds. The minimum Gasteiger partial charge on any atom is -0.310 e. The first-order valence-corrected chi connectivity index (χ1v) is 19.8. The molecule has 1 heteroatoms. The van der Waals surface area contributed by atoms with Gasteiger partial charge in [0.25, 0.3) is 0 Å². The van der Waals surface area contributed by atoms with Gasteiger partial charge in [0.05, 0.1) is 10.9 Å². The molecule has 0 radical (unpaired) electrons. The Kier molecular flexibility index (Phi) is 7.14. The lowest BCUT2D eigenvalue weighted by Crippen LogP contribution is -2.28. The minimum absolute atomic E-state index is 0.0205. The molecule has 10 aromatic carbocycles. The summed E-state index contributed by atoms with van der Waals surface area (Å²) in [6.07, 6.45) is 0. The van der Waals surface area contributed by atoms with Gasteiger partial charge in [0.15, 0.2) is 0 Å². The molecular weight excluding hydrogens is 699 g/mol. The predicted octanol–water partition coefficient (Wildman–Crippen LogP) is 15.2. The van der Waals surface area contributed by atoms with Gasteiger partial charge in [-0.15, -0.1) is 0 Å². The number of fused-ring (bicyclic) bond motifs is 5. The van der Waals surface area contributed by atoms with Gasteiger partial charge in [-0.3, -0.25) is 0 Å². The molecular formula is C57H39N. The van der Waals surface area contributed by atoms with Crippen molar-refractivity contribution in [1.82, 2.24) is 0 Å². The van der Waals surface area contributed by atoms with Crippen LogP contribution < -0.4 is 4.90 Å². The number of rotatable bonds is 7. The third kappa shape index (κ3) is 5.47. The molecule has 0 unspecified atom stereocenters. The fourth-order valence-corrected chi connectivity index (χ4v) is 9.17. The van der Waals surface area contributed by atoms with E-state index in [1.165, 1.54) is 10.9 Å². The summed E-state index contributed by atoms with van der Waals surface area (Å²) in [4.78, 5) is 1.96. The van der Waals surface area contributed by atoms with E-state index in [1.807, 2.05) is 59.5 Å². The lowest BCUT2D eigenvalue weighted by atomic mass is 9.67. The van der Waals surface area contributed by atoms with E-state index >= 15 is 0 Å². The maximum Gasteiger partial charge on any atom is 0.0714 e. The van der Waals surface area contributed by atoms with Crippen molar-refractivity contribution < 1.29 is 5.48 Å². The molecule has 1 nitrogen and oxygen atoms in total. The number of hydrogen-bond acceptors (Lipinski definition) is 1. The first-order chi connectivity index (χ1) is 30.4. The Balaban J connectivity index is 1.18. The maximum absolute atomic E-state index is 10.1. The summed E-state index contributed by atoms with van der Waals surface area (Å²) in [7, 11) is 0. The van der Waals surface area contributed by atoms with Gasteiger partial charge < -0.3 is 4.90 Å². The van der Waals surface area contributed by atoms with Crippen molar-refractivity contribution in [3.8, 4) is 33.4 Å². The molecule has 0 spiro atoms. The molecule has 1 aliphatic carbocycles. The summed E-state index contributed by atoms with van der Waals surface area (Å²) >= 11 is 0. The first kappa shape index (κ1) is 29.8. The first-order valence-electron chi connectivity index (χ1n) is 21.8. The molecule has 10 aromatic rings. The number of nitrogens with zero attached hydrogens (tertiary/aromatic N) is 1. The number of anilines is 3. The highest BCUT2D eigenvalue weighted by molar-refractivity contribution is 5.98. The van der Waals surface area contributed by atoms with Crippen LogP contribution in [0.25, 0.3) is 54.9 Å². The molecule has 58 heavy (non-hydrogen) atoms. The topological polar surface area (TPSA) is 3.24 Å². The smallest absolute Gasteiger partial charge is 0.0714 e. The summed E-state index contributed by atoms with van der Waals surface area (Å²) < 4.78 is 38.3. The SMILES string of the molecule is [2H]c1c([2H])c(-c2cccc3ccccc23)c([2H])c(N(c2ccc(-c3ccc4ccccc4c3)cc2)c2ccc3c(c2)C(c2ccccc2)(c2ccccc2)c2ccccc2-3)c1[2H]. The highest BCUT2D eigenvalue weighted by Gasteiger charge is 2.46. The van der Waals surface area contributed by atoms with E-state index in [-0.39, 0.29) is 29.9 Å². The van der Waals surface area contributed by atoms with Crippen LogP contribution in [-0.4, -0.2) is 0 Å². The van der Waals surface area contributed by atoms with Gasteiger partial charge in [-0.25, -0.2) is 0 Å². The Morgan fingerprint density at radius 2 is 0.966 bits per heavy atom. The van der Waals surface area contributed by atoms with Crippen LogP contribution in [0.5, 0.6) is 0 Å². The maximum atomic E-state index is 10.1. The van der Waals surface area contributed by atoms with Crippen LogP contribution in [0, 0.1) is 0 Å². The largest absolute Gasteiger partial charge is 0.310 e. The van der Waals surface area contributed by atoms with Crippen LogP contribution in [0.15, 0.2) is 236 Å². The van der Waals surface area contributed by atoms with E-state index in [0.29, 0.717) is 11.1 Å². The molecule has 0 saturated heterocycles. The molecule has 0 bridgehead atoms. The van der Waals surface area contributed by atoms with E-state index in [4.69, 9.17) is 0 Å². The summed E-state index contributed by atoms with van der Waals surface area (Å²) in [6.45, 7) is 0. The second kappa shape index (κ2) is 13.9. The van der Waals surface area contributed by atoms with Gasteiger partial charge in [0.2, 0.25) is 0 Å². The number of hydrogen-bond donors (Lipinski definition) is 0. The van der Waals surface area contributed by atoms with E-state index in [2.05, 4.69) is 158 Å². The molecule has 0 atom stereocenters. The van der Waals surface area contributed by atoms with Crippen molar-refractivity contribution in [3.05, 3.63) is 259 Å². The molecule has 0 fully saturated rings. The fourth-order valence-electron chi connectivity index (χ4n) is 9.17. The quantitative estimate of drug-likeness (QED) is 0.157. The van der Waals surface area contributed by atoms with Crippen molar-refractivity contribution in [3.63, 3.8) is 0 Å². The molecule has 0 aromatic heterocycles. The Morgan fingerprint density at radius 1 is 0.362 bits per heavy atom. The molecule has 272 valence electrons. The van der Waals surface area contributed by atoms with Crippen LogP contribution in [0.2, 0.25) is 0 Å². The van der Waals surface area contributed by atoms with Gasteiger partial charge >= 0.3 is 0 Å². The van der Waals surface area contributed by atoms with Crippen LogP contribution in [-0.2, 0) is 5.41 Å². The summed E-state index contributed by atoms with van der Waals surface area (Å²) in [5.41, 5.74) is 11.0. The van der Waals surface area contributed by atoms with Crippen molar-refractivity contribution in [1.29, 1.82) is 0 Å². The van der Waals surface area contributed by atoms with Crippen molar-refractivity contribution in [2.75, 3.05) is 4.90 Å². The predicted molar refractivity (Wildman–Crippen MR) is 244 cm³/mol. The van der Waals surface area contributed by atoms with Gasteiger partial charge in [-0.1, -0.05) is 194 Å². The lowest BCUT2D eigenvalue weighted by Gasteiger charge is -2.35. The summed E-state index contributed by atoms with van der Waals surface area (Å²) in [6, 6.07) is 72.8. The Labute approximate surface area is 345 Å². The van der Waals surface area contributed by atoms with E-state index < -0.39 is 5.41 Å². The third-order valence-electron chi connectivity index (χ3n) is 11.8. The van der Waals surface area contributed by atoms with Gasteiger partial charge in [0, 0.05) is 17.1 Å². The molecule has 1 aliphatic rings. The Morgan fingerprint density at radius 3 is 1.76 bits per heavy atom. The monoisotopic (exact) mass is 741 g/mol. The second-order valence-electron chi connectivity index (χ2n) is 15.0. The van der Waals surface area contributed by atoms with Gasteiger partial charge in [-0.2, -0.15) is 0 Å². The van der Waals surface area contributed by atoms with Crippen LogP contribution in [0.4, 0.5) is 17.1 Å². The highest BCUT2D eigenvalue weighted by Crippen LogP contribution is 2.57. The van der Waals surface area contributed by atoms with Crippen molar-refractivity contribution in [2.45, 2.75) is 5.41 Å². The van der Waals surface area contributed by atoms with Crippen LogP contribution in [0.1, 0.15) is 27.7 Å². The van der Waals surface area contributed by atoms with Crippen molar-refractivity contribution in [2.24, 2.45) is 0 Å². The average Bonchev–Trinajstić information content (AvgIpc) is 3.63. The normalized spacial score (nSPS) is 13.6. The zero-order valence-corrected chi connectivity index (χ0v) is 31.7. The third-order valence-corrected chi connectivity index (χ3v) is 11.8. The summed E-state index contributed by atoms with van der Waals surface area (Å²) in [5.74, 6) is 0. The van der Waals surface area contributed by atoms with Gasteiger partial charge in [0.1, 0.15) is 0 Å². The molecule has 0 aliphatic heterocycles. The lowest BCUT2D eigenvalue weighted by molar-refractivity contribution is 0.768. The fraction of sp³-hybridized carbons (Fsp3) is 0.0175.